The van der Waals surface area contributed by atoms with Gasteiger partial charge in [0.05, 0.1) is 10.3 Å². The number of nitrogens with zero attached hydrogens (tertiary/aromatic N) is 1. The van der Waals surface area contributed by atoms with Crippen LogP contribution in [-0.2, 0) is 30.6 Å². The van der Waals surface area contributed by atoms with Crippen molar-refractivity contribution in [1.29, 1.82) is 0 Å². The second-order valence-electron chi connectivity index (χ2n) is 13.0. The van der Waals surface area contributed by atoms with Gasteiger partial charge >= 0.3 is 6.18 Å². The standard InChI is InChI=1S/C28H38F4N4O5S/c1-6-16-15-27(16,24(39)35-42(40,41)26(5)9-10-26)34-22(37)20-8-7-11-36(20)23(38)21(25(2,3)4)33-19-13-17(28(30,31)32)12-18(29)14-19/h12-14,16,20-21,33H,6-11,15H2,1-5H3,(H,34,37)(H,35,39). The molecule has 1 saturated heterocycles. The molecule has 0 radical (unpaired) electrons. The SMILES string of the molecule is CCC1CC1(NC(=O)C1CCCN1C(=O)C(Nc1cc(F)cc(C(F)(F)F)c1)C(C)(C)C)C(=O)NS(=O)(=O)C1(C)CC1. The van der Waals surface area contributed by atoms with E-state index in [9.17, 15) is 40.4 Å². The smallest absolute Gasteiger partial charge is 0.373 e. The lowest BCUT2D eigenvalue weighted by atomic mass is 9.85. The van der Waals surface area contributed by atoms with Crippen molar-refractivity contribution in [3.63, 3.8) is 0 Å². The Balaban J connectivity index is 1.53. The molecule has 1 heterocycles. The summed E-state index contributed by atoms with van der Waals surface area (Å²) in [7, 11) is -3.93. The van der Waals surface area contributed by atoms with Crippen molar-refractivity contribution >= 4 is 33.4 Å². The van der Waals surface area contributed by atoms with Gasteiger partial charge in [0.2, 0.25) is 21.8 Å². The predicted octanol–water partition coefficient (Wildman–Crippen LogP) is 3.95. The summed E-state index contributed by atoms with van der Waals surface area (Å²) in [4.78, 5) is 41.9. The molecular formula is C28H38F4N4O5S. The topological polar surface area (TPSA) is 125 Å². The summed E-state index contributed by atoms with van der Waals surface area (Å²) in [5.74, 6) is -3.38. The molecule has 2 saturated carbocycles. The van der Waals surface area contributed by atoms with Crippen LogP contribution in [0.5, 0.6) is 0 Å². The molecule has 1 aromatic rings. The van der Waals surface area contributed by atoms with E-state index in [1.807, 2.05) is 6.92 Å². The normalized spacial score (nSPS) is 25.9. The zero-order valence-corrected chi connectivity index (χ0v) is 25.1. The number of alkyl halides is 3. The van der Waals surface area contributed by atoms with Crippen LogP contribution in [0.15, 0.2) is 18.2 Å². The monoisotopic (exact) mass is 618 g/mol. The average Bonchev–Trinajstić information content (AvgIpc) is 3.73. The Morgan fingerprint density at radius 1 is 1.12 bits per heavy atom. The first kappa shape index (κ1) is 32.0. The van der Waals surface area contributed by atoms with Crippen LogP contribution in [0.2, 0.25) is 0 Å². The van der Waals surface area contributed by atoms with Crippen LogP contribution in [0.4, 0.5) is 23.2 Å². The van der Waals surface area contributed by atoms with Crippen LogP contribution in [0.3, 0.4) is 0 Å². The van der Waals surface area contributed by atoms with E-state index in [1.165, 1.54) is 4.90 Å². The molecule has 42 heavy (non-hydrogen) atoms. The highest BCUT2D eigenvalue weighted by Gasteiger charge is 2.63. The summed E-state index contributed by atoms with van der Waals surface area (Å²) >= 11 is 0. The largest absolute Gasteiger partial charge is 0.416 e. The zero-order chi connectivity index (χ0) is 31.5. The fourth-order valence-electron chi connectivity index (χ4n) is 5.52. The van der Waals surface area contributed by atoms with Gasteiger partial charge in [0.15, 0.2) is 0 Å². The molecule has 0 aromatic heterocycles. The lowest BCUT2D eigenvalue weighted by molar-refractivity contribution is -0.141. The molecule has 3 amide bonds. The third kappa shape index (κ3) is 6.23. The molecule has 234 valence electrons. The molecular weight excluding hydrogens is 580 g/mol. The summed E-state index contributed by atoms with van der Waals surface area (Å²) in [6.07, 6.45) is -2.43. The maximum absolute atomic E-state index is 14.1. The van der Waals surface area contributed by atoms with Crippen molar-refractivity contribution in [3.05, 3.63) is 29.6 Å². The Hall–Kier alpha value is -2.90. The van der Waals surface area contributed by atoms with Gasteiger partial charge in [-0.05, 0) is 68.6 Å². The first-order valence-corrected chi connectivity index (χ1v) is 15.6. The summed E-state index contributed by atoms with van der Waals surface area (Å²) in [5, 5.41) is 5.50. The molecule has 3 aliphatic rings. The molecule has 4 atom stereocenters. The van der Waals surface area contributed by atoms with Gasteiger partial charge in [-0.2, -0.15) is 13.2 Å². The van der Waals surface area contributed by atoms with Crippen LogP contribution in [0.25, 0.3) is 0 Å². The first-order chi connectivity index (χ1) is 19.2. The van der Waals surface area contributed by atoms with Crippen molar-refractivity contribution in [3.8, 4) is 0 Å². The van der Waals surface area contributed by atoms with Gasteiger partial charge < -0.3 is 15.5 Å². The van der Waals surface area contributed by atoms with E-state index in [1.54, 1.807) is 27.7 Å². The highest BCUT2D eigenvalue weighted by molar-refractivity contribution is 7.91. The number of benzene rings is 1. The van der Waals surface area contributed by atoms with Gasteiger partial charge in [0, 0.05) is 12.2 Å². The van der Waals surface area contributed by atoms with Gasteiger partial charge in [-0.15, -0.1) is 0 Å². The lowest BCUT2D eigenvalue weighted by Crippen LogP contribution is -2.59. The molecule has 3 fully saturated rings. The number of halogens is 4. The zero-order valence-electron chi connectivity index (χ0n) is 24.3. The highest BCUT2D eigenvalue weighted by atomic mass is 32.2. The molecule has 1 aliphatic heterocycles. The average molecular weight is 619 g/mol. The minimum absolute atomic E-state index is 0.186. The van der Waals surface area contributed by atoms with E-state index in [2.05, 4.69) is 15.4 Å². The number of carbonyl (C=O) groups is 3. The van der Waals surface area contributed by atoms with Crippen LogP contribution in [0.1, 0.15) is 78.7 Å². The summed E-state index contributed by atoms with van der Waals surface area (Å²) < 4.78 is 80.5. The number of amides is 3. The molecule has 1 aromatic carbocycles. The highest BCUT2D eigenvalue weighted by Crippen LogP contribution is 2.48. The van der Waals surface area contributed by atoms with Crippen molar-refractivity contribution in [2.24, 2.45) is 11.3 Å². The van der Waals surface area contributed by atoms with E-state index >= 15 is 0 Å². The van der Waals surface area contributed by atoms with E-state index in [-0.39, 0.29) is 31.0 Å². The number of carbonyl (C=O) groups excluding carboxylic acids is 3. The van der Waals surface area contributed by atoms with Crippen molar-refractivity contribution in [2.45, 2.75) is 102 Å². The van der Waals surface area contributed by atoms with Crippen LogP contribution in [0, 0.1) is 17.2 Å². The number of anilines is 1. The summed E-state index contributed by atoms with van der Waals surface area (Å²) in [5.41, 5.74) is -3.72. The van der Waals surface area contributed by atoms with Crippen molar-refractivity contribution < 1.29 is 40.4 Å². The maximum Gasteiger partial charge on any atom is 0.416 e. The number of rotatable bonds is 9. The molecule has 14 heteroatoms. The van der Waals surface area contributed by atoms with E-state index < -0.39 is 73.1 Å². The Morgan fingerprint density at radius 3 is 2.29 bits per heavy atom. The molecule has 4 rings (SSSR count). The Kier molecular flexibility index (Phi) is 8.14. The minimum Gasteiger partial charge on any atom is -0.373 e. The number of likely N-dealkylation sites (tertiary alicyclic amines) is 1. The second-order valence-corrected chi connectivity index (χ2v) is 15.2. The minimum atomic E-state index is -4.80. The molecule has 2 aliphatic carbocycles. The van der Waals surface area contributed by atoms with Crippen LogP contribution < -0.4 is 15.4 Å². The quantitative estimate of drug-likeness (QED) is 0.360. The summed E-state index contributed by atoms with van der Waals surface area (Å²) in [6.45, 7) is 8.62. The second kappa shape index (κ2) is 10.7. The molecule has 4 unspecified atom stereocenters. The lowest BCUT2D eigenvalue weighted by Gasteiger charge is -2.36. The Morgan fingerprint density at radius 2 is 1.76 bits per heavy atom. The molecule has 0 bridgehead atoms. The third-order valence-electron chi connectivity index (χ3n) is 8.67. The maximum atomic E-state index is 14.1. The van der Waals surface area contributed by atoms with Gasteiger partial charge in [-0.25, -0.2) is 12.8 Å². The number of hydrogen-bond donors (Lipinski definition) is 3. The van der Waals surface area contributed by atoms with E-state index in [0.717, 1.165) is 12.1 Å². The van der Waals surface area contributed by atoms with Crippen molar-refractivity contribution in [2.75, 3.05) is 11.9 Å². The number of nitrogens with one attached hydrogen (secondary N) is 3. The van der Waals surface area contributed by atoms with Gasteiger partial charge in [-0.1, -0.05) is 34.1 Å². The fourth-order valence-corrected chi connectivity index (χ4v) is 6.83. The predicted molar refractivity (Wildman–Crippen MR) is 147 cm³/mol. The molecule has 0 spiro atoms. The fraction of sp³-hybridized carbons (Fsp3) is 0.679. The van der Waals surface area contributed by atoms with Crippen molar-refractivity contribution in [1.82, 2.24) is 14.9 Å². The van der Waals surface area contributed by atoms with Gasteiger partial charge in [0.1, 0.15) is 23.4 Å². The van der Waals surface area contributed by atoms with Gasteiger partial charge in [0.25, 0.3) is 5.91 Å². The van der Waals surface area contributed by atoms with Crippen LogP contribution in [-0.4, -0.2) is 60.0 Å². The van der Waals surface area contributed by atoms with E-state index in [4.69, 9.17) is 0 Å². The third-order valence-corrected chi connectivity index (χ3v) is 10.8. The number of hydrogen-bond acceptors (Lipinski definition) is 6. The van der Waals surface area contributed by atoms with Crippen LogP contribution >= 0.6 is 0 Å². The Bertz CT molecular complexity index is 1370. The Labute approximate surface area is 243 Å². The molecule has 3 N–H and O–H groups in total. The molecule has 9 nitrogen and oxygen atoms in total. The number of sulfonamides is 1. The first-order valence-electron chi connectivity index (χ1n) is 14.1. The van der Waals surface area contributed by atoms with Gasteiger partial charge in [-0.3, -0.25) is 19.1 Å². The summed E-state index contributed by atoms with van der Waals surface area (Å²) in [6, 6.07) is -0.155. The van der Waals surface area contributed by atoms with E-state index in [0.29, 0.717) is 31.7 Å².